The summed E-state index contributed by atoms with van der Waals surface area (Å²) in [6.07, 6.45) is 1.83. The van der Waals surface area contributed by atoms with Crippen LogP contribution in [0, 0.1) is 11.3 Å². The highest BCUT2D eigenvalue weighted by atomic mass is 16.5. The van der Waals surface area contributed by atoms with Crippen LogP contribution in [0.1, 0.15) is 33.6 Å². The van der Waals surface area contributed by atoms with Crippen molar-refractivity contribution < 1.29 is 23.9 Å². The molecule has 1 rings (SSSR count). The van der Waals surface area contributed by atoms with Gasteiger partial charge in [-0.2, -0.15) is 0 Å². The number of nitrogens with one attached hydrogen (secondary N) is 1. The molecular weight excluding hydrogens is 288 g/mol. The van der Waals surface area contributed by atoms with Crippen molar-refractivity contribution in [2.75, 3.05) is 13.2 Å². The summed E-state index contributed by atoms with van der Waals surface area (Å²) in [6, 6.07) is -0.897. The molecule has 0 aromatic rings. The lowest BCUT2D eigenvalue weighted by Gasteiger charge is -2.39. The second kappa shape index (κ2) is 7.20. The maximum atomic E-state index is 12.7. The Balaban J connectivity index is 3.13. The zero-order chi connectivity index (χ0) is 16.9. The van der Waals surface area contributed by atoms with Gasteiger partial charge in [-0.05, 0) is 25.7 Å². The van der Waals surface area contributed by atoms with Gasteiger partial charge < -0.3 is 4.74 Å². The first kappa shape index (κ1) is 17.9. The molecule has 7 nitrogen and oxygen atoms in total. The predicted octanol–water partition coefficient (Wildman–Crippen LogP) is 1.24. The van der Waals surface area contributed by atoms with E-state index in [1.165, 1.54) is 6.08 Å². The second-order valence-corrected chi connectivity index (χ2v) is 5.63. The lowest BCUT2D eigenvalue weighted by atomic mass is 9.74. The van der Waals surface area contributed by atoms with Gasteiger partial charge in [0.2, 0.25) is 11.8 Å². The third-order valence-corrected chi connectivity index (χ3v) is 3.40. The van der Waals surface area contributed by atoms with Gasteiger partial charge in [0.05, 0.1) is 6.61 Å². The van der Waals surface area contributed by atoms with Crippen LogP contribution < -0.4 is 5.32 Å². The van der Waals surface area contributed by atoms with Gasteiger partial charge in [0, 0.05) is 0 Å². The Morgan fingerprint density at radius 1 is 1.41 bits per heavy atom. The molecule has 1 unspecified atom stereocenters. The topological polar surface area (TPSA) is 92.8 Å². The average molecular weight is 310 g/mol. The van der Waals surface area contributed by atoms with Crippen LogP contribution in [0.4, 0.5) is 4.79 Å². The number of carbonyl (C=O) groups is 4. The largest absolute Gasteiger partial charge is 0.465 e. The van der Waals surface area contributed by atoms with Crippen molar-refractivity contribution in [3.05, 3.63) is 12.7 Å². The van der Waals surface area contributed by atoms with E-state index in [4.69, 9.17) is 4.74 Å². The van der Waals surface area contributed by atoms with Gasteiger partial charge in [0.25, 0.3) is 0 Å². The molecule has 0 aromatic carbocycles. The molecule has 7 heteroatoms. The van der Waals surface area contributed by atoms with Gasteiger partial charge in [0.15, 0.2) is 0 Å². The van der Waals surface area contributed by atoms with Crippen LogP contribution in [0.15, 0.2) is 12.7 Å². The monoisotopic (exact) mass is 310 g/mol. The number of hydrogen-bond acceptors (Lipinski definition) is 5. The maximum absolute atomic E-state index is 12.7. The van der Waals surface area contributed by atoms with Crippen LogP contribution in [0.5, 0.6) is 0 Å². The molecule has 1 aliphatic rings. The average Bonchev–Trinajstić information content (AvgIpc) is 2.41. The Bertz CT molecular complexity index is 500. The van der Waals surface area contributed by atoms with Gasteiger partial charge in [-0.15, -0.1) is 6.58 Å². The molecule has 0 aliphatic carbocycles. The third kappa shape index (κ3) is 3.52. The Morgan fingerprint density at radius 2 is 2.05 bits per heavy atom. The van der Waals surface area contributed by atoms with E-state index in [-0.39, 0.29) is 25.4 Å². The second-order valence-electron chi connectivity index (χ2n) is 5.63. The third-order valence-electron chi connectivity index (χ3n) is 3.40. The zero-order valence-corrected chi connectivity index (χ0v) is 13.2. The van der Waals surface area contributed by atoms with E-state index in [2.05, 4.69) is 11.9 Å². The fourth-order valence-electron chi connectivity index (χ4n) is 2.60. The number of hydrogen-bond donors (Lipinski definition) is 1. The van der Waals surface area contributed by atoms with E-state index in [1.54, 1.807) is 6.92 Å². The lowest BCUT2D eigenvalue weighted by molar-refractivity contribution is -0.157. The van der Waals surface area contributed by atoms with E-state index in [1.807, 2.05) is 13.8 Å². The molecule has 1 saturated heterocycles. The Kier molecular flexibility index (Phi) is 5.84. The van der Waals surface area contributed by atoms with E-state index in [9.17, 15) is 19.2 Å². The summed E-state index contributed by atoms with van der Waals surface area (Å²) in [5, 5.41) is 2.16. The number of allylic oxidation sites excluding steroid dienone is 1. The molecular formula is C15H22N2O5. The van der Waals surface area contributed by atoms with Gasteiger partial charge in [0.1, 0.15) is 12.0 Å². The molecule has 4 amide bonds. The molecule has 1 heterocycles. The smallest absolute Gasteiger partial charge is 0.331 e. The summed E-state index contributed by atoms with van der Waals surface area (Å²) in [7, 11) is 0. The number of amides is 4. The van der Waals surface area contributed by atoms with Crippen molar-refractivity contribution in [2.24, 2.45) is 11.3 Å². The number of rotatable bonds is 7. The number of nitrogens with zero attached hydrogens (tertiary/aromatic N) is 1. The van der Waals surface area contributed by atoms with Crippen LogP contribution in [0.25, 0.3) is 0 Å². The summed E-state index contributed by atoms with van der Waals surface area (Å²) in [5.74, 6) is -1.97. The number of ether oxygens (including phenoxy) is 1. The van der Waals surface area contributed by atoms with Gasteiger partial charge in [-0.25, -0.2) is 4.79 Å². The summed E-state index contributed by atoms with van der Waals surface area (Å²) in [4.78, 5) is 49.2. The maximum Gasteiger partial charge on any atom is 0.331 e. The highest BCUT2D eigenvalue weighted by Crippen LogP contribution is 2.36. The molecule has 1 aliphatic heterocycles. The first-order valence-electron chi connectivity index (χ1n) is 7.22. The molecule has 0 saturated carbocycles. The zero-order valence-electron chi connectivity index (χ0n) is 13.2. The molecule has 0 bridgehead atoms. The Hall–Kier alpha value is -2.18. The minimum absolute atomic E-state index is 0.0484. The first-order chi connectivity index (χ1) is 10.3. The molecule has 1 fully saturated rings. The van der Waals surface area contributed by atoms with Crippen molar-refractivity contribution in [3.63, 3.8) is 0 Å². The van der Waals surface area contributed by atoms with E-state index in [0.29, 0.717) is 0 Å². The summed E-state index contributed by atoms with van der Waals surface area (Å²) in [5.41, 5.74) is -1.41. The van der Waals surface area contributed by atoms with Gasteiger partial charge >= 0.3 is 12.0 Å². The normalized spacial score (nSPS) is 21.8. The van der Waals surface area contributed by atoms with Crippen molar-refractivity contribution >= 4 is 23.8 Å². The van der Waals surface area contributed by atoms with Crippen molar-refractivity contribution in [1.29, 1.82) is 0 Å². The summed E-state index contributed by atoms with van der Waals surface area (Å²) in [6.45, 7) is 8.59. The van der Waals surface area contributed by atoms with Gasteiger partial charge in [-0.3, -0.25) is 24.6 Å². The quantitative estimate of drug-likeness (QED) is 0.434. The van der Waals surface area contributed by atoms with Crippen molar-refractivity contribution in [2.45, 2.75) is 33.6 Å². The SMILES string of the molecule is C=CCC1(CC(C)C)C(=O)NC(=O)N(CC(=O)OCC)C1=O. The fraction of sp³-hybridized carbons (Fsp3) is 0.600. The molecule has 122 valence electrons. The molecule has 1 atom stereocenters. The lowest BCUT2D eigenvalue weighted by Crippen LogP contribution is -2.64. The van der Waals surface area contributed by atoms with Crippen LogP contribution in [0.3, 0.4) is 0 Å². The molecule has 22 heavy (non-hydrogen) atoms. The molecule has 0 radical (unpaired) electrons. The van der Waals surface area contributed by atoms with Gasteiger partial charge in [-0.1, -0.05) is 19.9 Å². The molecule has 1 N–H and O–H groups in total. The van der Waals surface area contributed by atoms with Crippen LogP contribution in [-0.4, -0.2) is 41.9 Å². The Morgan fingerprint density at radius 3 is 2.55 bits per heavy atom. The van der Waals surface area contributed by atoms with Crippen LogP contribution in [0.2, 0.25) is 0 Å². The van der Waals surface area contributed by atoms with Crippen LogP contribution >= 0.6 is 0 Å². The minimum atomic E-state index is -1.41. The molecule has 0 spiro atoms. The van der Waals surface area contributed by atoms with Crippen molar-refractivity contribution in [3.8, 4) is 0 Å². The number of imide groups is 2. The fourth-order valence-corrected chi connectivity index (χ4v) is 2.60. The Labute approximate surface area is 129 Å². The van der Waals surface area contributed by atoms with Crippen LogP contribution in [-0.2, 0) is 19.1 Å². The van der Waals surface area contributed by atoms with Crippen molar-refractivity contribution in [1.82, 2.24) is 10.2 Å². The number of barbiturate groups is 1. The number of urea groups is 1. The highest BCUT2D eigenvalue weighted by molar-refractivity contribution is 6.19. The van der Waals surface area contributed by atoms with E-state index < -0.39 is 35.8 Å². The van der Waals surface area contributed by atoms with E-state index in [0.717, 1.165) is 4.90 Å². The first-order valence-corrected chi connectivity index (χ1v) is 7.22. The van der Waals surface area contributed by atoms with E-state index >= 15 is 0 Å². The molecule has 0 aromatic heterocycles. The number of carbonyl (C=O) groups excluding carboxylic acids is 4. The summed E-state index contributed by atoms with van der Waals surface area (Å²) < 4.78 is 4.76. The highest BCUT2D eigenvalue weighted by Gasteiger charge is 2.53. The standard InChI is InChI=1S/C15H22N2O5/c1-5-7-15(8-10(3)4)12(19)16-14(21)17(13(15)20)9-11(18)22-6-2/h5,10H,1,6-9H2,2-4H3,(H,16,19,21). The minimum Gasteiger partial charge on any atom is -0.465 e. The number of esters is 1. The summed E-state index contributed by atoms with van der Waals surface area (Å²) >= 11 is 0. The predicted molar refractivity (Wildman–Crippen MR) is 78.6 cm³/mol.